The zero-order valence-electron chi connectivity index (χ0n) is 8.43. The maximum absolute atomic E-state index is 3.80. The quantitative estimate of drug-likeness (QED) is 0.678. The Hall–Kier alpha value is 0.180. The van der Waals surface area contributed by atoms with Crippen molar-refractivity contribution >= 4 is 31.9 Å². The molecule has 1 saturated carbocycles. The van der Waals surface area contributed by atoms with Crippen LogP contribution in [0.5, 0.6) is 0 Å². The van der Waals surface area contributed by atoms with Crippen LogP contribution >= 0.6 is 31.9 Å². The van der Waals surface area contributed by atoms with E-state index in [2.05, 4.69) is 70.0 Å². The molecule has 0 spiro atoms. The van der Waals surface area contributed by atoms with Gasteiger partial charge in [-0.15, -0.1) is 0 Å². The molecule has 2 unspecified atom stereocenters. The maximum Gasteiger partial charge on any atom is 0.0428 e. The molecule has 0 N–H and O–H groups in total. The highest BCUT2D eigenvalue weighted by molar-refractivity contribution is 9.10. The van der Waals surface area contributed by atoms with Crippen molar-refractivity contribution in [3.63, 3.8) is 0 Å². The minimum atomic E-state index is 0.519. The molecule has 0 heterocycles. The van der Waals surface area contributed by atoms with Crippen LogP contribution in [-0.4, -0.2) is 0 Å². The highest BCUT2D eigenvalue weighted by Crippen LogP contribution is 2.60. The largest absolute Gasteiger partial charge is 0.0836 e. The summed E-state index contributed by atoms with van der Waals surface area (Å²) in [7, 11) is 0. The van der Waals surface area contributed by atoms with Crippen molar-refractivity contribution in [2.24, 2.45) is 11.3 Å². The number of benzene rings is 1. The van der Waals surface area contributed by atoms with E-state index in [0.717, 1.165) is 10.4 Å². The van der Waals surface area contributed by atoms with Gasteiger partial charge in [-0.1, -0.05) is 57.8 Å². The van der Waals surface area contributed by atoms with Crippen molar-refractivity contribution in [1.82, 2.24) is 0 Å². The van der Waals surface area contributed by atoms with Gasteiger partial charge in [0.05, 0.1) is 0 Å². The molecule has 2 heteroatoms. The van der Waals surface area contributed by atoms with Crippen molar-refractivity contribution in [3.05, 3.63) is 34.3 Å². The average molecular weight is 318 g/mol. The lowest BCUT2D eigenvalue weighted by atomic mass is 10.0. The molecule has 1 fully saturated rings. The molecule has 0 bridgehead atoms. The van der Waals surface area contributed by atoms with Gasteiger partial charge < -0.3 is 0 Å². The van der Waals surface area contributed by atoms with Crippen LogP contribution in [0.2, 0.25) is 0 Å². The topological polar surface area (TPSA) is 0 Å². The molecule has 1 aromatic rings. The molecule has 0 amide bonds. The predicted molar refractivity (Wildman–Crippen MR) is 67.7 cm³/mol. The van der Waals surface area contributed by atoms with Gasteiger partial charge in [0.1, 0.15) is 0 Å². The maximum atomic E-state index is 3.80. The second-order valence-electron chi connectivity index (χ2n) is 4.75. The first-order valence-electron chi connectivity index (χ1n) is 4.90. The van der Waals surface area contributed by atoms with E-state index in [1.54, 1.807) is 0 Å². The summed E-state index contributed by atoms with van der Waals surface area (Å²) in [5.74, 6) is 0.795. The van der Waals surface area contributed by atoms with E-state index in [1.165, 1.54) is 12.0 Å². The highest BCUT2D eigenvalue weighted by atomic mass is 79.9. The lowest BCUT2D eigenvalue weighted by Gasteiger charge is -2.11. The van der Waals surface area contributed by atoms with Crippen molar-refractivity contribution < 1.29 is 0 Å². The van der Waals surface area contributed by atoms with Crippen molar-refractivity contribution in [2.45, 2.75) is 25.1 Å². The third kappa shape index (κ3) is 2.06. The summed E-state index contributed by atoms with van der Waals surface area (Å²) in [5, 5.41) is 0. The number of rotatable bonds is 2. The Labute approximate surface area is 102 Å². The Morgan fingerprint density at radius 1 is 1.29 bits per heavy atom. The predicted octanol–water partition coefficient (Wildman–Crippen LogP) is 4.93. The lowest BCUT2D eigenvalue weighted by Crippen LogP contribution is -1.98. The summed E-state index contributed by atoms with van der Waals surface area (Å²) < 4.78 is 1.15. The molecule has 2 atom stereocenters. The minimum Gasteiger partial charge on any atom is -0.0836 e. The summed E-state index contributed by atoms with van der Waals surface area (Å²) in [4.78, 5) is 0.519. The normalized spacial score (nSPS) is 25.9. The molecule has 76 valence electrons. The fraction of sp³-hybridized carbons (Fsp3) is 0.500. The summed E-state index contributed by atoms with van der Waals surface area (Å²) in [6.07, 6.45) is 1.33. The first kappa shape index (κ1) is 10.7. The van der Waals surface area contributed by atoms with E-state index in [9.17, 15) is 0 Å². The molecule has 1 aromatic carbocycles. The van der Waals surface area contributed by atoms with Gasteiger partial charge in [-0.3, -0.25) is 0 Å². The molecule has 0 aromatic heterocycles. The average Bonchev–Trinajstić information content (AvgIpc) is 2.75. The summed E-state index contributed by atoms with van der Waals surface area (Å²) >= 11 is 7.25. The molecule has 2 rings (SSSR count). The fourth-order valence-corrected chi connectivity index (χ4v) is 3.36. The molecule has 1 aliphatic rings. The molecular weight excluding hydrogens is 304 g/mol. The molecular formula is C12H14Br2. The van der Waals surface area contributed by atoms with Gasteiger partial charge in [-0.2, -0.15) is 0 Å². The van der Waals surface area contributed by atoms with Gasteiger partial charge in [-0.25, -0.2) is 0 Å². The minimum absolute atomic E-state index is 0.519. The van der Waals surface area contributed by atoms with Crippen LogP contribution < -0.4 is 0 Å². The molecule has 0 nitrogen and oxygen atoms in total. The van der Waals surface area contributed by atoms with Crippen LogP contribution in [0.25, 0.3) is 0 Å². The van der Waals surface area contributed by atoms with Gasteiger partial charge in [0.15, 0.2) is 0 Å². The SMILES string of the molecule is CC1(C)CC1C(Br)c1ccc(Br)cc1. The monoisotopic (exact) mass is 316 g/mol. The highest BCUT2D eigenvalue weighted by Gasteiger charge is 2.49. The summed E-state index contributed by atoms with van der Waals surface area (Å²) in [5.41, 5.74) is 1.92. The van der Waals surface area contributed by atoms with E-state index >= 15 is 0 Å². The third-order valence-electron chi connectivity index (χ3n) is 3.13. The number of hydrogen-bond donors (Lipinski definition) is 0. The smallest absolute Gasteiger partial charge is 0.0428 e. The summed E-state index contributed by atoms with van der Waals surface area (Å²) in [6.45, 7) is 4.68. The third-order valence-corrected chi connectivity index (χ3v) is 4.83. The van der Waals surface area contributed by atoms with Gasteiger partial charge in [-0.05, 0) is 35.4 Å². The van der Waals surface area contributed by atoms with Crippen molar-refractivity contribution in [2.75, 3.05) is 0 Å². The molecule has 14 heavy (non-hydrogen) atoms. The van der Waals surface area contributed by atoms with Crippen LogP contribution in [0.3, 0.4) is 0 Å². The Balaban J connectivity index is 2.13. The van der Waals surface area contributed by atoms with E-state index in [-0.39, 0.29) is 0 Å². The number of alkyl halides is 1. The van der Waals surface area contributed by atoms with E-state index in [1.807, 2.05) is 0 Å². The van der Waals surface area contributed by atoms with Gasteiger partial charge >= 0.3 is 0 Å². The Bertz CT molecular complexity index is 327. The van der Waals surface area contributed by atoms with E-state index in [4.69, 9.17) is 0 Å². The Morgan fingerprint density at radius 3 is 2.21 bits per heavy atom. The zero-order chi connectivity index (χ0) is 10.3. The number of halogens is 2. The second-order valence-corrected chi connectivity index (χ2v) is 6.65. The van der Waals surface area contributed by atoms with Crippen LogP contribution in [0.1, 0.15) is 30.7 Å². The first-order chi connectivity index (χ1) is 6.50. The van der Waals surface area contributed by atoms with Crippen molar-refractivity contribution in [1.29, 1.82) is 0 Å². The molecule has 0 radical (unpaired) electrons. The van der Waals surface area contributed by atoms with E-state index in [0.29, 0.717) is 10.2 Å². The lowest BCUT2D eigenvalue weighted by molar-refractivity contribution is 0.555. The van der Waals surface area contributed by atoms with Crippen LogP contribution in [0.15, 0.2) is 28.7 Å². The van der Waals surface area contributed by atoms with Gasteiger partial charge in [0.2, 0.25) is 0 Å². The van der Waals surface area contributed by atoms with Crippen LogP contribution in [0, 0.1) is 11.3 Å². The molecule has 0 aliphatic heterocycles. The number of hydrogen-bond acceptors (Lipinski definition) is 0. The summed E-state index contributed by atoms with van der Waals surface area (Å²) in [6, 6.07) is 8.60. The Kier molecular flexibility index (Phi) is 2.78. The second kappa shape index (κ2) is 3.64. The zero-order valence-corrected chi connectivity index (χ0v) is 11.6. The first-order valence-corrected chi connectivity index (χ1v) is 6.61. The van der Waals surface area contributed by atoms with Crippen LogP contribution in [0.4, 0.5) is 0 Å². The van der Waals surface area contributed by atoms with Gasteiger partial charge in [0, 0.05) is 9.30 Å². The van der Waals surface area contributed by atoms with Crippen molar-refractivity contribution in [3.8, 4) is 0 Å². The van der Waals surface area contributed by atoms with E-state index < -0.39 is 0 Å². The van der Waals surface area contributed by atoms with Gasteiger partial charge in [0.25, 0.3) is 0 Å². The Morgan fingerprint density at radius 2 is 1.79 bits per heavy atom. The standard InChI is InChI=1S/C12H14Br2/c1-12(2)7-10(12)11(14)8-3-5-9(13)6-4-8/h3-6,10-11H,7H2,1-2H3. The van der Waals surface area contributed by atoms with Crippen LogP contribution in [-0.2, 0) is 0 Å². The fourth-order valence-electron chi connectivity index (χ4n) is 1.89. The molecule has 0 saturated heterocycles. The molecule has 1 aliphatic carbocycles.